The van der Waals surface area contributed by atoms with Gasteiger partial charge in [-0.25, -0.2) is 0 Å². The van der Waals surface area contributed by atoms with Crippen LogP contribution < -0.4 is 4.74 Å². The van der Waals surface area contributed by atoms with Crippen LogP contribution in [-0.4, -0.2) is 38.7 Å². The van der Waals surface area contributed by atoms with Gasteiger partial charge < -0.3 is 23.4 Å². The molecule has 0 aliphatic carbocycles. The highest BCUT2D eigenvalue weighted by Gasteiger charge is 2.13. The molecule has 0 bridgehead atoms. The van der Waals surface area contributed by atoms with E-state index in [1.54, 1.807) is 19.3 Å². The van der Waals surface area contributed by atoms with Crippen molar-refractivity contribution in [1.29, 1.82) is 0 Å². The van der Waals surface area contributed by atoms with Crippen LogP contribution in [0.5, 0.6) is 5.75 Å². The molecule has 0 aliphatic rings. The van der Waals surface area contributed by atoms with Gasteiger partial charge in [-0.3, -0.25) is 4.79 Å². The molecule has 0 N–H and O–H groups in total. The van der Waals surface area contributed by atoms with Crippen LogP contribution in [-0.2, 0) is 25.4 Å². The third-order valence-electron chi connectivity index (χ3n) is 3.36. The number of fused-ring (bicyclic) bond motifs is 1. The van der Waals surface area contributed by atoms with E-state index in [0.717, 1.165) is 10.9 Å². The minimum atomic E-state index is -0.397. The number of hydrogen-bond acceptors (Lipinski definition) is 6. The summed E-state index contributed by atoms with van der Waals surface area (Å²) in [5.74, 6) is 0.390. The molecule has 0 saturated heterocycles. The number of carbonyl (C=O) groups excluding carboxylic acids is 1. The fraction of sp³-hybridized carbons (Fsp3) is 0.500. The maximum absolute atomic E-state index is 11.6. The van der Waals surface area contributed by atoms with Gasteiger partial charge >= 0.3 is 5.97 Å². The molecule has 0 unspecified atom stereocenters. The topological polar surface area (TPSA) is 67.1 Å². The van der Waals surface area contributed by atoms with Gasteiger partial charge in [0.2, 0.25) is 0 Å². The van der Waals surface area contributed by atoms with E-state index < -0.39 is 6.29 Å². The zero-order valence-electron chi connectivity index (χ0n) is 14.4. The highest BCUT2D eigenvalue weighted by molar-refractivity contribution is 5.86. The molecule has 1 heterocycles. The van der Waals surface area contributed by atoms with Crippen LogP contribution >= 0.6 is 0 Å². The average Bonchev–Trinajstić information content (AvgIpc) is 2.95. The van der Waals surface area contributed by atoms with Crippen molar-refractivity contribution in [3.05, 3.63) is 30.0 Å². The van der Waals surface area contributed by atoms with Crippen LogP contribution in [0.15, 0.2) is 28.9 Å². The molecule has 2 aromatic rings. The molecule has 6 heteroatoms. The smallest absolute Gasteiger partial charge is 0.310 e. The van der Waals surface area contributed by atoms with Crippen LogP contribution in [0.3, 0.4) is 0 Å². The second-order valence-corrected chi connectivity index (χ2v) is 5.05. The van der Waals surface area contributed by atoms with Gasteiger partial charge in [-0.05, 0) is 32.9 Å². The predicted octanol–water partition coefficient (Wildman–Crippen LogP) is 3.32. The highest BCUT2D eigenvalue weighted by atomic mass is 16.7. The van der Waals surface area contributed by atoms with E-state index in [1.807, 2.05) is 26.0 Å². The quantitative estimate of drug-likeness (QED) is 0.490. The van der Waals surface area contributed by atoms with Gasteiger partial charge in [0, 0.05) is 30.2 Å². The molecule has 1 aromatic heterocycles. The minimum absolute atomic E-state index is 0.192. The Hall–Kier alpha value is -2.05. The van der Waals surface area contributed by atoms with E-state index in [1.165, 1.54) is 0 Å². The van der Waals surface area contributed by atoms with Crippen molar-refractivity contribution in [2.24, 2.45) is 0 Å². The average molecular weight is 336 g/mol. The summed E-state index contributed by atoms with van der Waals surface area (Å²) in [4.78, 5) is 11.6. The Labute approximate surface area is 141 Å². The molecule has 2 rings (SSSR count). The number of furan rings is 1. The molecular formula is C18H24O6. The monoisotopic (exact) mass is 336 g/mol. The summed E-state index contributed by atoms with van der Waals surface area (Å²) in [6.07, 6.45) is 1.37. The Morgan fingerprint density at radius 1 is 1.12 bits per heavy atom. The van der Waals surface area contributed by atoms with Gasteiger partial charge in [0.25, 0.3) is 0 Å². The van der Waals surface area contributed by atoms with E-state index in [2.05, 4.69) is 0 Å². The standard InChI is InChI=1S/C18H24O6/c1-4-20-17(19)9-13-11-24-16-10-14(7-8-15(13)16)23-12-18(21-5-2)22-6-3/h7-8,10-11,18H,4-6,9,12H2,1-3H3. The largest absolute Gasteiger partial charge is 0.488 e. The number of ether oxygens (including phenoxy) is 4. The number of esters is 1. The molecule has 0 amide bonds. The lowest BCUT2D eigenvalue weighted by molar-refractivity contribution is -0.152. The van der Waals surface area contributed by atoms with Gasteiger partial charge in [-0.1, -0.05) is 0 Å². The Morgan fingerprint density at radius 2 is 1.88 bits per heavy atom. The van der Waals surface area contributed by atoms with Crippen LogP contribution in [0.25, 0.3) is 11.0 Å². The molecule has 0 atom stereocenters. The number of carbonyl (C=O) groups is 1. The molecule has 1 aromatic carbocycles. The summed E-state index contributed by atoms with van der Waals surface area (Å²) in [5.41, 5.74) is 1.47. The van der Waals surface area contributed by atoms with Gasteiger partial charge in [-0.15, -0.1) is 0 Å². The first kappa shape index (κ1) is 18.3. The van der Waals surface area contributed by atoms with E-state index >= 15 is 0 Å². The number of rotatable bonds is 10. The number of benzene rings is 1. The summed E-state index contributed by atoms with van der Waals surface area (Å²) >= 11 is 0. The van der Waals surface area contributed by atoms with Crippen molar-refractivity contribution in [3.8, 4) is 5.75 Å². The summed E-state index contributed by atoms with van der Waals surface area (Å²) < 4.78 is 27.1. The van der Waals surface area contributed by atoms with Gasteiger partial charge in [-0.2, -0.15) is 0 Å². The van der Waals surface area contributed by atoms with Crippen molar-refractivity contribution in [2.45, 2.75) is 33.5 Å². The molecule has 24 heavy (non-hydrogen) atoms. The zero-order valence-corrected chi connectivity index (χ0v) is 14.4. The van der Waals surface area contributed by atoms with E-state index in [4.69, 9.17) is 23.4 Å². The molecular weight excluding hydrogens is 312 g/mol. The first-order chi connectivity index (χ1) is 11.7. The van der Waals surface area contributed by atoms with Crippen molar-refractivity contribution < 1.29 is 28.2 Å². The van der Waals surface area contributed by atoms with Crippen molar-refractivity contribution >= 4 is 16.9 Å². The summed E-state index contributed by atoms with van der Waals surface area (Å²) in [6, 6.07) is 5.50. The SMILES string of the molecule is CCOC(=O)Cc1coc2cc(OCC(OCC)OCC)ccc12. The Morgan fingerprint density at radius 3 is 2.54 bits per heavy atom. The van der Waals surface area contributed by atoms with E-state index in [0.29, 0.717) is 37.8 Å². The van der Waals surface area contributed by atoms with Gasteiger partial charge in [0.05, 0.1) is 19.3 Å². The Bertz CT molecular complexity index is 642. The maximum Gasteiger partial charge on any atom is 0.310 e. The van der Waals surface area contributed by atoms with Crippen LogP contribution in [0.4, 0.5) is 0 Å². The third kappa shape index (κ3) is 4.97. The number of hydrogen-bond donors (Lipinski definition) is 0. The molecule has 0 fully saturated rings. The summed E-state index contributed by atoms with van der Waals surface area (Å²) in [7, 11) is 0. The highest BCUT2D eigenvalue weighted by Crippen LogP contribution is 2.26. The zero-order chi connectivity index (χ0) is 17.4. The molecule has 0 spiro atoms. The first-order valence-corrected chi connectivity index (χ1v) is 8.19. The lowest BCUT2D eigenvalue weighted by Gasteiger charge is -2.17. The van der Waals surface area contributed by atoms with Crippen molar-refractivity contribution in [1.82, 2.24) is 0 Å². The third-order valence-corrected chi connectivity index (χ3v) is 3.36. The fourth-order valence-corrected chi connectivity index (χ4v) is 2.34. The van der Waals surface area contributed by atoms with Gasteiger partial charge in [0.1, 0.15) is 17.9 Å². The molecule has 132 valence electrons. The van der Waals surface area contributed by atoms with Crippen LogP contribution in [0, 0.1) is 0 Å². The Kier molecular flexibility index (Phi) is 7.08. The second-order valence-electron chi connectivity index (χ2n) is 5.05. The normalized spacial score (nSPS) is 11.2. The molecule has 6 nitrogen and oxygen atoms in total. The molecule has 0 saturated carbocycles. The minimum Gasteiger partial charge on any atom is -0.488 e. The van der Waals surface area contributed by atoms with E-state index in [9.17, 15) is 4.79 Å². The lowest BCUT2D eigenvalue weighted by Crippen LogP contribution is -2.25. The van der Waals surface area contributed by atoms with Gasteiger partial charge in [0.15, 0.2) is 6.29 Å². The second kappa shape index (κ2) is 9.30. The Balaban J connectivity index is 2.02. The summed E-state index contributed by atoms with van der Waals surface area (Å²) in [6.45, 7) is 7.38. The molecule has 0 aliphatic heterocycles. The maximum atomic E-state index is 11.6. The van der Waals surface area contributed by atoms with Crippen LogP contribution in [0.2, 0.25) is 0 Å². The molecule has 0 radical (unpaired) electrons. The predicted molar refractivity (Wildman–Crippen MR) is 89.1 cm³/mol. The first-order valence-electron chi connectivity index (χ1n) is 8.19. The fourth-order valence-electron chi connectivity index (χ4n) is 2.34. The van der Waals surface area contributed by atoms with Crippen molar-refractivity contribution in [3.63, 3.8) is 0 Å². The van der Waals surface area contributed by atoms with Crippen molar-refractivity contribution in [2.75, 3.05) is 26.4 Å². The lowest BCUT2D eigenvalue weighted by atomic mass is 10.1. The van der Waals surface area contributed by atoms with Crippen LogP contribution in [0.1, 0.15) is 26.3 Å². The van der Waals surface area contributed by atoms with E-state index in [-0.39, 0.29) is 12.4 Å². The summed E-state index contributed by atoms with van der Waals surface area (Å²) in [5, 5.41) is 0.876.